The van der Waals surface area contributed by atoms with Crippen LogP contribution in [0.2, 0.25) is 0 Å². The van der Waals surface area contributed by atoms with Crippen molar-refractivity contribution in [1.29, 1.82) is 0 Å². The Morgan fingerprint density at radius 1 is 1.15 bits per heavy atom. The lowest BCUT2D eigenvalue weighted by atomic mass is 10.0. The number of aromatic amines is 1. The minimum Gasteiger partial charge on any atom is -0.478 e. The summed E-state index contributed by atoms with van der Waals surface area (Å²) >= 11 is 3.28. The van der Waals surface area contributed by atoms with Gasteiger partial charge in [-0.05, 0) is 42.0 Å². The number of anilines is 1. The van der Waals surface area contributed by atoms with Crippen LogP contribution in [0.5, 0.6) is 0 Å². The van der Waals surface area contributed by atoms with Gasteiger partial charge in [0.15, 0.2) is 0 Å². The number of fused-ring (bicyclic) bond motifs is 1. The summed E-state index contributed by atoms with van der Waals surface area (Å²) in [6.07, 6.45) is 1.89. The molecule has 0 aliphatic carbocycles. The number of aromatic carboxylic acids is 1. The number of rotatable bonds is 3. The molecule has 142 valence electrons. The largest absolute Gasteiger partial charge is 0.478 e. The van der Waals surface area contributed by atoms with E-state index < -0.39 is 5.97 Å². The number of H-pyrrole nitrogens is 1. The summed E-state index contributed by atoms with van der Waals surface area (Å²) in [6, 6.07) is 6.66. The number of carboxylic acid groups (broad SMARTS) is 1. The van der Waals surface area contributed by atoms with Crippen LogP contribution in [0.3, 0.4) is 0 Å². The number of carboxylic acids is 1. The molecule has 1 aromatic heterocycles. The fourth-order valence-corrected chi connectivity index (χ4v) is 5.73. The van der Waals surface area contributed by atoms with E-state index in [0.717, 1.165) is 29.9 Å². The highest BCUT2D eigenvalue weighted by Gasteiger charge is 2.32. The van der Waals surface area contributed by atoms with E-state index in [1.54, 1.807) is 12.1 Å². The number of hydrogen-bond donors (Lipinski definition) is 3. The zero-order valence-corrected chi connectivity index (χ0v) is 16.1. The molecule has 1 aromatic carbocycles. The Morgan fingerprint density at radius 2 is 1.85 bits per heavy atom. The number of thioether (sulfide) groups is 2. The maximum absolute atomic E-state index is 12.8. The van der Waals surface area contributed by atoms with Gasteiger partial charge in [-0.2, -0.15) is 11.8 Å². The van der Waals surface area contributed by atoms with Gasteiger partial charge in [-0.25, -0.2) is 4.79 Å². The molecule has 1 amide bonds. The molecule has 27 heavy (non-hydrogen) atoms. The zero-order valence-electron chi connectivity index (χ0n) is 14.4. The molecule has 2 aliphatic rings. The van der Waals surface area contributed by atoms with Crippen LogP contribution in [0.4, 0.5) is 5.82 Å². The van der Waals surface area contributed by atoms with Crippen LogP contribution in [-0.4, -0.2) is 44.0 Å². The first-order chi connectivity index (χ1) is 13.0. The number of amides is 1. The van der Waals surface area contributed by atoms with E-state index in [2.05, 4.69) is 10.4 Å². The van der Waals surface area contributed by atoms with E-state index in [1.807, 2.05) is 16.4 Å². The number of nitrogens with one attached hydrogen (secondary N) is 2. The fourth-order valence-electron chi connectivity index (χ4n) is 3.52. The highest BCUT2D eigenvalue weighted by molar-refractivity contribution is 8.00. The Bertz CT molecular complexity index is 929. The molecule has 1 atom stereocenters. The molecular weight excluding hydrogens is 386 g/mol. The Balaban J connectivity index is 1.77. The van der Waals surface area contributed by atoms with Gasteiger partial charge in [0.2, 0.25) is 5.91 Å². The number of carbonyl (C=O) groups is 2. The van der Waals surface area contributed by atoms with Crippen LogP contribution in [0.25, 0.3) is 0 Å². The lowest BCUT2D eigenvalue weighted by molar-refractivity contribution is -0.113. The van der Waals surface area contributed by atoms with E-state index in [1.165, 1.54) is 23.9 Å². The van der Waals surface area contributed by atoms with Crippen LogP contribution in [-0.2, 0) is 4.79 Å². The molecular formula is C18H19N3O4S2. The second-order valence-electron chi connectivity index (χ2n) is 6.58. The first kappa shape index (κ1) is 18.2. The minimum atomic E-state index is -0.994. The van der Waals surface area contributed by atoms with Gasteiger partial charge in [0, 0.05) is 0 Å². The van der Waals surface area contributed by atoms with Crippen molar-refractivity contribution in [3.05, 3.63) is 51.3 Å². The lowest BCUT2D eigenvalue weighted by Crippen LogP contribution is -2.22. The lowest BCUT2D eigenvalue weighted by Gasteiger charge is -2.24. The third kappa shape index (κ3) is 3.53. The SMILES string of the molecule is O=C1CS[C@@H](c2ccc(C(=O)O)cc2)c2c(n(C3CCSCC3)[nH]c2=O)N1. The van der Waals surface area contributed by atoms with Gasteiger partial charge in [0.1, 0.15) is 5.82 Å². The van der Waals surface area contributed by atoms with Crippen molar-refractivity contribution >= 4 is 41.2 Å². The quantitative estimate of drug-likeness (QED) is 0.725. The smallest absolute Gasteiger partial charge is 0.335 e. The second kappa shape index (κ2) is 7.47. The molecule has 2 aliphatic heterocycles. The van der Waals surface area contributed by atoms with Crippen LogP contribution >= 0.6 is 23.5 Å². The molecule has 2 aromatic rings. The van der Waals surface area contributed by atoms with Crippen LogP contribution in [0.1, 0.15) is 45.6 Å². The van der Waals surface area contributed by atoms with E-state index >= 15 is 0 Å². The van der Waals surface area contributed by atoms with E-state index in [4.69, 9.17) is 5.11 Å². The average Bonchev–Trinajstić information content (AvgIpc) is 2.88. The van der Waals surface area contributed by atoms with E-state index in [0.29, 0.717) is 11.4 Å². The highest BCUT2D eigenvalue weighted by Crippen LogP contribution is 2.41. The van der Waals surface area contributed by atoms with Crippen molar-refractivity contribution in [2.45, 2.75) is 24.1 Å². The van der Waals surface area contributed by atoms with Crippen molar-refractivity contribution < 1.29 is 14.7 Å². The first-order valence-corrected chi connectivity index (χ1v) is 10.9. The summed E-state index contributed by atoms with van der Waals surface area (Å²) in [5.41, 5.74) is 1.33. The van der Waals surface area contributed by atoms with Crippen molar-refractivity contribution in [2.75, 3.05) is 22.6 Å². The second-order valence-corrected chi connectivity index (χ2v) is 8.90. The Kier molecular flexibility index (Phi) is 5.05. The summed E-state index contributed by atoms with van der Waals surface area (Å²) < 4.78 is 1.83. The molecule has 0 spiro atoms. The highest BCUT2D eigenvalue weighted by atomic mass is 32.2. The standard InChI is InChI=1S/C18H19N3O4S2/c22-13-9-27-15(10-1-3-11(4-2-10)18(24)25)14-16(19-13)21(20-17(14)23)12-5-7-26-8-6-12/h1-4,12,15H,5-9H2,(H,19,22)(H,20,23)(H,24,25)/t15-/m0/s1. The average molecular weight is 406 g/mol. The molecule has 4 rings (SSSR count). The van der Waals surface area contributed by atoms with Gasteiger partial charge in [0.25, 0.3) is 5.56 Å². The molecule has 0 unspecified atom stereocenters. The Morgan fingerprint density at radius 3 is 2.52 bits per heavy atom. The fraction of sp³-hybridized carbons (Fsp3) is 0.389. The number of benzene rings is 1. The third-order valence-corrected chi connectivity index (χ3v) is 7.20. The van der Waals surface area contributed by atoms with Crippen LogP contribution < -0.4 is 10.9 Å². The third-order valence-electron chi connectivity index (χ3n) is 4.88. The predicted molar refractivity (Wildman–Crippen MR) is 107 cm³/mol. The number of nitrogens with zero attached hydrogens (tertiary/aromatic N) is 1. The summed E-state index contributed by atoms with van der Waals surface area (Å²) in [5, 5.41) is 14.6. The monoisotopic (exact) mass is 405 g/mol. The Hall–Kier alpha value is -2.13. The normalized spacial score (nSPS) is 20.6. The molecule has 1 saturated heterocycles. The molecule has 1 fully saturated rings. The number of carbonyl (C=O) groups excluding carboxylic acids is 1. The zero-order chi connectivity index (χ0) is 19.0. The first-order valence-electron chi connectivity index (χ1n) is 8.71. The van der Waals surface area contributed by atoms with E-state index in [9.17, 15) is 14.4 Å². The van der Waals surface area contributed by atoms with Crippen molar-refractivity contribution in [3.8, 4) is 0 Å². The van der Waals surface area contributed by atoms with Crippen molar-refractivity contribution in [1.82, 2.24) is 9.78 Å². The predicted octanol–water partition coefficient (Wildman–Crippen LogP) is 2.72. The summed E-state index contributed by atoms with van der Waals surface area (Å²) in [4.78, 5) is 36.2. The molecule has 0 saturated carbocycles. The van der Waals surface area contributed by atoms with Crippen molar-refractivity contribution in [2.24, 2.45) is 0 Å². The van der Waals surface area contributed by atoms with Gasteiger partial charge in [0.05, 0.1) is 28.2 Å². The molecule has 9 heteroatoms. The van der Waals surface area contributed by atoms with Crippen LogP contribution in [0.15, 0.2) is 29.1 Å². The maximum atomic E-state index is 12.8. The number of aromatic nitrogens is 2. The maximum Gasteiger partial charge on any atom is 0.335 e. The molecule has 3 N–H and O–H groups in total. The van der Waals surface area contributed by atoms with Gasteiger partial charge >= 0.3 is 5.97 Å². The summed E-state index contributed by atoms with van der Waals surface area (Å²) in [6.45, 7) is 0. The van der Waals surface area contributed by atoms with Gasteiger partial charge in [-0.3, -0.25) is 19.4 Å². The number of hydrogen-bond acceptors (Lipinski definition) is 5. The van der Waals surface area contributed by atoms with Gasteiger partial charge in [-0.1, -0.05) is 12.1 Å². The molecule has 0 bridgehead atoms. The van der Waals surface area contributed by atoms with Crippen molar-refractivity contribution in [3.63, 3.8) is 0 Å². The minimum absolute atomic E-state index is 0.135. The Labute approximate surface area is 163 Å². The molecule has 7 nitrogen and oxygen atoms in total. The summed E-state index contributed by atoms with van der Waals surface area (Å²) in [7, 11) is 0. The van der Waals surface area contributed by atoms with E-state index in [-0.39, 0.29) is 34.1 Å². The van der Waals surface area contributed by atoms with Gasteiger partial charge in [-0.15, -0.1) is 11.8 Å². The topological polar surface area (TPSA) is 104 Å². The van der Waals surface area contributed by atoms with Gasteiger partial charge < -0.3 is 10.4 Å². The molecule has 0 radical (unpaired) electrons. The summed E-state index contributed by atoms with van der Waals surface area (Å²) in [5.74, 6) is 1.72. The van der Waals surface area contributed by atoms with Crippen LogP contribution in [0, 0.1) is 0 Å². The molecule has 3 heterocycles.